The number of hydrogen-bond acceptors (Lipinski definition) is 7. The van der Waals surface area contributed by atoms with E-state index >= 15 is 0 Å². The summed E-state index contributed by atoms with van der Waals surface area (Å²) >= 11 is 0. The van der Waals surface area contributed by atoms with Gasteiger partial charge in [-0.3, -0.25) is 4.79 Å². The molecule has 1 aromatic carbocycles. The zero-order valence-electron chi connectivity index (χ0n) is 23.0. The molecule has 3 aliphatic heterocycles. The van der Waals surface area contributed by atoms with Crippen molar-refractivity contribution in [2.75, 3.05) is 56.2 Å². The molecule has 4 heterocycles. The molecule has 1 amide bonds. The molecule has 2 saturated heterocycles. The fourth-order valence-corrected chi connectivity index (χ4v) is 5.97. The number of rotatable bonds is 6. The SMILES string of the molecule is C=C(F)C(=O)N1CCN(c2nc(OC[C@@H]3CCCN3C)nc3c2CCN(c2cccc(C)c2C)C3)C[C@@H]1C. The highest BCUT2D eigenvalue weighted by atomic mass is 19.1. The molecule has 2 atom stereocenters. The number of benzene rings is 1. The van der Waals surface area contributed by atoms with Gasteiger partial charge in [-0.1, -0.05) is 18.7 Å². The van der Waals surface area contributed by atoms with Gasteiger partial charge >= 0.3 is 6.01 Å². The molecule has 0 bridgehead atoms. The summed E-state index contributed by atoms with van der Waals surface area (Å²) < 4.78 is 19.8. The lowest BCUT2D eigenvalue weighted by atomic mass is 10.0. The average molecular weight is 523 g/mol. The van der Waals surface area contributed by atoms with Crippen molar-refractivity contribution >= 4 is 17.4 Å². The van der Waals surface area contributed by atoms with Gasteiger partial charge in [0.15, 0.2) is 5.83 Å². The Morgan fingerprint density at radius 1 is 1.16 bits per heavy atom. The van der Waals surface area contributed by atoms with Gasteiger partial charge in [0, 0.05) is 49.5 Å². The monoisotopic (exact) mass is 522 g/mol. The van der Waals surface area contributed by atoms with Gasteiger partial charge in [-0.2, -0.15) is 9.97 Å². The van der Waals surface area contributed by atoms with Crippen LogP contribution in [0.15, 0.2) is 30.6 Å². The second-order valence-electron chi connectivity index (χ2n) is 10.9. The molecule has 0 spiro atoms. The number of fused-ring (bicyclic) bond motifs is 1. The summed E-state index contributed by atoms with van der Waals surface area (Å²) in [6.07, 6.45) is 3.11. The van der Waals surface area contributed by atoms with Crippen molar-refractivity contribution in [3.8, 4) is 6.01 Å². The van der Waals surface area contributed by atoms with Crippen molar-refractivity contribution < 1.29 is 13.9 Å². The highest BCUT2D eigenvalue weighted by molar-refractivity contribution is 5.91. The fraction of sp³-hybridized carbons (Fsp3) is 0.552. The van der Waals surface area contributed by atoms with E-state index in [4.69, 9.17) is 14.7 Å². The Labute approximate surface area is 225 Å². The Balaban J connectivity index is 1.43. The molecule has 0 N–H and O–H groups in total. The topological polar surface area (TPSA) is 65.0 Å². The quantitative estimate of drug-likeness (QED) is 0.537. The number of likely N-dealkylation sites (tertiary alicyclic amines) is 1. The summed E-state index contributed by atoms with van der Waals surface area (Å²) in [5.41, 5.74) is 5.92. The van der Waals surface area contributed by atoms with E-state index in [0.717, 1.165) is 43.0 Å². The van der Waals surface area contributed by atoms with E-state index in [0.29, 0.717) is 44.8 Å². The third kappa shape index (κ3) is 5.21. The number of carbonyl (C=O) groups is 1. The number of amides is 1. The predicted molar refractivity (Wildman–Crippen MR) is 147 cm³/mol. The van der Waals surface area contributed by atoms with Crippen LogP contribution >= 0.6 is 0 Å². The van der Waals surface area contributed by atoms with Gasteiger partial charge in [0.1, 0.15) is 12.4 Å². The summed E-state index contributed by atoms with van der Waals surface area (Å²) in [7, 11) is 2.14. The Morgan fingerprint density at radius 2 is 1.97 bits per heavy atom. The molecule has 38 heavy (non-hydrogen) atoms. The van der Waals surface area contributed by atoms with Crippen LogP contribution in [0.4, 0.5) is 15.9 Å². The Kier molecular flexibility index (Phi) is 7.56. The van der Waals surface area contributed by atoms with Crippen LogP contribution in [0.3, 0.4) is 0 Å². The van der Waals surface area contributed by atoms with E-state index in [2.05, 4.69) is 60.4 Å². The molecule has 2 aromatic rings. The van der Waals surface area contributed by atoms with Crippen molar-refractivity contribution in [1.29, 1.82) is 0 Å². The lowest BCUT2D eigenvalue weighted by Gasteiger charge is -2.41. The number of halogens is 1. The number of nitrogens with zero attached hydrogens (tertiary/aromatic N) is 6. The number of piperazine rings is 1. The van der Waals surface area contributed by atoms with Crippen molar-refractivity contribution in [2.45, 2.75) is 58.7 Å². The molecule has 2 fully saturated rings. The molecule has 5 rings (SSSR count). The van der Waals surface area contributed by atoms with Gasteiger partial charge in [-0.25, -0.2) is 4.39 Å². The zero-order chi connectivity index (χ0) is 27.0. The maximum absolute atomic E-state index is 13.6. The van der Waals surface area contributed by atoms with Crippen LogP contribution in [-0.2, 0) is 17.8 Å². The minimum Gasteiger partial charge on any atom is -0.462 e. The van der Waals surface area contributed by atoms with Crippen LogP contribution < -0.4 is 14.5 Å². The van der Waals surface area contributed by atoms with Crippen LogP contribution in [0.2, 0.25) is 0 Å². The second-order valence-corrected chi connectivity index (χ2v) is 10.9. The van der Waals surface area contributed by atoms with Crippen LogP contribution in [0.5, 0.6) is 6.01 Å². The smallest absolute Gasteiger partial charge is 0.318 e. The van der Waals surface area contributed by atoms with Gasteiger partial charge in [0.05, 0.1) is 12.2 Å². The lowest BCUT2D eigenvalue weighted by Crippen LogP contribution is -2.54. The van der Waals surface area contributed by atoms with Crippen molar-refractivity contribution in [3.05, 3.63) is 53.0 Å². The lowest BCUT2D eigenvalue weighted by molar-refractivity contribution is -0.131. The van der Waals surface area contributed by atoms with Gasteiger partial charge in [0.25, 0.3) is 5.91 Å². The maximum Gasteiger partial charge on any atom is 0.318 e. The average Bonchev–Trinajstić information content (AvgIpc) is 3.32. The minimum atomic E-state index is -0.913. The molecular weight excluding hydrogens is 483 g/mol. The van der Waals surface area contributed by atoms with E-state index in [9.17, 15) is 9.18 Å². The van der Waals surface area contributed by atoms with E-state index < -0.39 is 11.7 Å². The standard InChI is InChI=1S/C29H39FN6O2/c1-19-8-6-10-26(21(19)3)34-13-11-24-25(17-34)31-29(38-18-23-9-7-12-33(23)5)32-27(24)35-14-15-36(20(2)16-35)28(37)22(4)30/h6,8,10,20,23H,4,7,9,11-18H2,1-3,5H3/t20-,23-/m0/s1. The molecule has 3 aliphatic rings. The third-order valence-electron chi connectivity index (χ3n) is 8.44. The normalized spacial score (nSPS) is 22.0. The number of anilines is 2. The van der Waals surface area contributed by atoms with Crippen LogP contribution in [0.25, 0.3) is 0 Å². The predicted octanol–water partition coefficient (Wildman–Crippen LogP) is 3.65. The molecule has 0 radical (unpaired) electrons. The zero-order valence-corrected chi connectivity index (χ0v) is 23.0. The number of aromatic nitrogens is 2. The first-order chi connectivity index (χ1) is 18.2. The van der Waals surface area contributed by atoms with Gasteiger partial charge in [0.2, 0.25) is 0 Å². The van der Waals surface area contributed by atoms with Gasteiger partial charge < -0.3 is 24.3 Å². The number of ether oxygens (including phenoxy) is 1. The summed E-state index contributed by atoms with van der Waals surface area (Å²) in [6.45, 7) is 14.2. The summed E-state index contributed by atoms with van der Waals surface area (Å²) in [4.78, 5) is 30.6. The Hall–Kier alpha value is -3.20. The van der Waals surface area contributed by atoms with Gasteiger partial charge in [-0.15, -0.1) is 0 Å². The molecule has 204 valence electrons. The number of carbonyl (C=O) groups excluding carboxylic acids is 1. The summed E-state index contributed by atoms with van der Waals surface area (Å²) in [6, 6.07) is 7.05. The maximum atomic E-state index is 13.6. The minimum absolute atomic E-state index is 0.166. The third-order valence-corrected chi connectivity index (χ3v) is 8.44. The summed E-state index contributed by atoms with van der Waals surface area (Å²) in [5.74, 6) is -0.664. The first-order valence-corrected chi connectivity index (χ1v) is 13.7. The highest BCUT2D eigenvalue weighted by Crippen LogP contribution is 2.33. The van der Waals surface area contributed by atoms with Crippen LogP contribution in [-0.4, -0.2) is 84.1 Å². The van der Waals surface area contributed by atoms with E-state index in [1.807, 2.05) is 6.92 Å². The van der Waals surface area contributed by atoms with Crippen molar-refractivity contribution in [1.82, 2.24) is 19.8 Å². The van der Waals surface area contributed by atoms with Crippen LogP contribution in [0.1, 0.15) is 42.1 Å². The van der Waals surface area contributed by atoms with E-state index in [-0.39, 0.29) is 6.04 Å². The molecule has 0 unspecified atom stereocenters. The first kappa shape index (κ1) is 26.4. The molecule has 9 heteroatoms. The van der Waals surface area contributed by atoms with E-state index in [1.54, 1.807) is 4.90 Å². The van der Waals surface area contributed by atoms with Crippen molar-refractivity contribution in [3.63, 3.8) is 0 Å². The molecule has 0 saturated carbocycles. The Bertz CT molecular complexity index is 1220. The highest BCUT2D eigenvalue weighted by Gasteiger charge is 2.33. The molecule has 0 aliphatic carbocycles. The summed E-state index contributed by atoms with van der Waals surface area (Å²) in [5, 5.41) is 0. The fourth-order valence-electron chi connectivity index (χ4n) is 5.97. The Morgan fingerprint density at radius 3 is 2.68 bits per heavy atom. The number of hydrogen-bond donors (Lipinski definition) is 0. The number of likely N-dealkylation sites (N-methyl/N-ethyl adjacent to an activating group) is 1. The second kappa shape index (κ2) is 10.9. The van der Waals surface area contributed by atoms with E-state index in [1.165, 1.54) is 23.2 Å². The largest absolute Gasteiger partial charge is 0.462 e. The molecule has 8 nitrogen and oxygen atoms in total. The molecule has 1 aromatic heterocycles. The first-order valence-electron chi connectivity index (χ1n) is 13.7. The van der Waals surface area contributed by atoms with Crippen molar-refractivity contribution in [2.24, 2.45) is 0 Å². The van der Waals surface area contributed by atoms with Crippen LogP contribution in [0, 0.1) is 13.8 Å². The molecular formula is C29H39FN6O2. The van der Waals surface area contributed by atoms with Gasteiger partial charge in [-0.05, 0) is 70.8 Å². The number of aryl methyl sites for hydroxylation is 1.